The maximum Gasteiger partial charge on any atom is 0.255 e. The molecular formula is C16H14F2N2O3S. The zero-order chi connectivity index (χ0) is 17.3. The number of hydrogen-bond donors (Lipinski definition) is 2. The van der Waals surface area contributed by atoms with Gasteiger partial charge in [-0.15, -0.1) is 0 Å². The molecule has 1 aliphatic carbocycles. The summed E-state index contributed by atoms with van der Waals surface area (Å²) < 4.78 is 53.6. The van der Waals surface area contributed by atoms with Gasteiger partial charge in [0.15, 0.2) is 0 Å². The van der Waals surface area contributed by atoms with Gasteiger partial charge in [0.2, 0.25) is 10.0 Å². The number of halogens is 2. The molecule has 1 amide bonds. The molecule has 0 atom stereocenters. The summed E-state index contributed by atoms with van der Waals surface area (Å²) in [5, 5.41) is 2.23. The van der Waals surface area contributed by atoms with Crippen molar-refractivity contribution < 1.29 is 22.0 Å². The Labute approximate surface area is 137 Å². The number of nitrogens with one attached hydrogen (secondary N) is 2. The van der Waals surface area contributed by atoms with E-state index in [9.17, 15) is 22.0 Å². The van der Waals surface area contributed by atoms with E-state index in [-0.39, 0.29) is 22.2 Å². The van der Waals surface area contributed by atoms with E-state index >= 15 is 0 Å². The maximum atomic E-state index is 13.6. The minimum atomic E-state index is -3.70. The third-order valence-corrected chi connectivity index (χ3v) is 5.00. The van der Waals surface area contributed by atoms with Gasteiger partial charge < -0.3 is 5.32 Å². The van der Waals surface area contributed by atoms with Gasteiger partial charge in [0, 0.05) is 17.7 Å². The molecule has 1 fully saturated rings. The second-order valence-electron chi connectivity index (χ2n) is 5.50. The van der Waals surface area contributed by atoms with Crippen molar-refractivity contribution in [2.45, 2.75) is 23.8 Å². The van der Waals surface area contributed by atoms with E-state index in [2.05, 4.69) is 10.0 Å². The predicted molar refractivity (Wildman–Crippen MR) is 84.1 cm³/mol. The lowest BCUT2D eigenvalue weighted by molar-refractivity contribution is 0.102. The van der Waals surface area contributed by atoms with Gasteiger partial charge in [-0.1, -0.05) is 6.07 Å². The summed E-state index contributed by atoms with van der Waals surface area (Å²) in [6.45, 7) is 0. The molecule has 24 heavy (non-hydrogen) atoms. The van der Waals surface area contributed by atoms with E-state index in [1.165, 1.54) is 24.3 Å². The van der Waals surface area contributed by atoms with Crippen molar-refractivity contribution in [3.05, 3.63) is 59.7 Å². The molecule has 1 saturated carbocycles. The lowest BCUT2D eigenvalue weighted by Crippen LogP contribution is -2.26. The minimum Gasteiger partial charge on any atom is -0.319 e. The summed E-state index contributed by atoms with van der Waals surface area (Å²) in [5.41, 5.74) is -0.290. The first-order valence-electron chi connectivity index (χ1n) is 7.24. The topological polar surface area (TPSA) is 75.3 Å². The highest BCUT2D eigenvalue weighted by molar-refractivity contribution is 7.89. The second-order valence-corrected chi connectivity index (χ2v) is 7.22. The molecule has 0 aliphatic heterocycles. The van der Waals surface area contributed by atoms with Gasteiger partial charge in [0.05, 0.1) is 10.6 Å². The highest BCUT2D eigenvalue weighted by atomic mass is 32.2. The SMILES string of the molecule is O=C(Nc1cc(F)ccc1F)c1cccc(S(=O)(=O)NC2CC2)c1. The van der Waals surface area contributed by atoms with Crippen LogP contribution in [0.3, 0.4) is 0 Å². The smallest absolute Gasteiger partial charge is 0.255 e. The van der Waals surface area contributed by atoms with Crippen LogP contribution in [0.15, 0.2) is 47.4 Å². The fourth-order valence-electron chi connectivity index (χ4n) is 2.08. The van der Waals surface area contributed by atoms with Gasteiger partial charge in [-0.2, -0.15) is 0 Å². The maximum absolute atomic E-state index is 13.6. The van der Waals surface area contributed by atoms with E-state index in [0.717, 1.165) is 31.0 Å². The van der Waals surface area contributed by atoms with Crippen molar-refractivity contribution in [1.82, 2.24) is 4.72 Å². The number of rotatable bonds is 5. The molecule has 2 N–H and O–H groups in total. The Balaban J connectivity index is 1.82. The minimum absolute atomic E-state index is 0.0253. The Morgan fingerprint density at radius 2 is 1.83 bits per heavy atom. The zero-order valence-electron chi connectivity index (χ0n) is 12.4. The van der Waals surface area contributed by atoms with E-state index in [4.69, 9.17) is 0 Å². The molecule has 0 aromatic heterocycles. The number of benzene rings is 2. The molecule has 0 unspecified atom stereocenters. The Bertz CT molecular complexity index is 896. The van der Waals surface area contributed by atoms with Crippen LogP contribution in [-0.2, 0) is 10.0 Å². The zero-order valence-corrected chi connectivity index (χ0v) is 13.2. The van der Waals surface area contributed by atoms with Gasteiger partial charge in [0.25, 0.3) is 5.91 Å². The quantitative estimate of drug-likeness (QED) is 0.869. The largest absolute Gasteiger partial charge is 0.319 e. The molecule has 5 nitrogen and oxygen atoms in total. The van der Waals surface area contributed by atoms with Crippen LogP contribution in [0.1, 0.15) is 23.2 Å². The van der Waals surface area contributed by atoms with Crippen LogP contribution in [0.5, 0.6) is 0 Å². The third kappa shape index (κ3) is 3.77. The monoisotopic (exact) mass is 352 g/mol. The Kier molecular flexibility index (Phi) is 4.33. The highest BCUT2D eigenvalue weighted by Crippen LogP contribution is 2.23. The van der Waals surface area contributed by atoms with E-state index in [0.29, 0.717) is 0 Å². The van der Waals surface area contributed by atoms with Crippen molar-refractivity contribution in [2.24, 2.45) is 0 Å². The van der Waals surface area contributed by atoms with Crippen LogP contribution in [0, 0.1) is 11.6 Å². The molecule has 0 radical (unpaired) electrons. The van der Waals surface area contributed by atoms with Gasteiger partial charge in [-0.3, -0.25) is 4.79 Å². The second kappa shape index (κ2) is 6.29. The van der Waals surface area contributed by atoms with Crippen molar-refractivity contribution >= 4 is 21.6 Å². The molecule has 126 valence electrons. The number of sulfonamides is 1. The Hall–Kier alpha value is -2.32. The first-order chi connectivity index (χ1) is 11.3. The summed E-state index contributed by atoms with van der Waals surface area (Å²) in [5.74, 6) is -2.22. The molecule has 2 aromatic rings. The van der Waals surface area contributed by atoms with E-state index in [1.54, 1.807) is 0 Å². The molecule has 0 spiro atoms. The normalized spacial score (nSPS) is 14.4. The Morgan fingerprint density at radius 3 is 2.54 bits per heavy atom. The third-order valence-electron chi connectivity index (χ3n) is 3.48. The summed E-state index contributed by atoms with van der Waals surface area (Å²) in [4.78, 5) is 12.1. The standard InChI is InChI=1S/C16H14F2N2O3S/c17-11-4-7-14(18)15(9-11)19-16(21)10-2-1-3-13(8-10)24(22,23)20-12-5-6-12/h1-4,7-9,12,20H,5-6H2,(H,19,21). The summed E-state index contributed by atoms with van der Waals surface area (Å²) in [7, 11) is -3.70. The number of anilines is 1. The van der Waals surface area contributed by atoms with Gasteiger partial charge in [-0.05, 0) is 43.2 Å². The summed E-state index contributed by atoms with van der Waals surface area (Å²) in [6.07, 6.45) is 1.58. The van der Waals surface area contributed by atoms with Crippen molar-refractivity contribution in [1.29, 1.82) is 0 Å². The van der Waals surface area contributed by atoms with E-state index < -0.39 is 27.6 Å². The Morgan fingerprint density at radius 1 is 1.08 bits per heavy atom. The first-order valence-corrected chi connectivity index (χ1v) is 8.72. The fraction of sp³-hybridized carbons (Fsp3) is 0.188. The average molecular weight is 352 g/mol. The first kappa shape index (κ1) is 16.5. The molecular weight excluding hydrogens is 338 g/mol. The summed E-state index contributed by atoms with van der Waals surface area (Å²) in [6, 6.07) is 7.98. The van der Waals surface area contributed by atoms with Crippen molar-refractivity contribution in [2.75, 3.05) is 5.32 Å². The van der Waals surface area contributed by atoms with Crippen molar-refractivity contribution in [3.8, 4) is 0 Å². The molecule has 1 aliphatic rings. The van der Waals surface area contributed by atoms with Crippen LogP contribution in [0.25, 0.3) is 0 Å². The highest BCUT2D eigenvalue weighted by Gasteiger charge is 2.28. The lowest BCUT2D eigenvalue weighted by atomic mass is 10.2. The number of carbonyl (C=O) groups excluding carboxylic acids is 1. The number of carbonyl (C=O) groups is 1. The van der Waals surface area contributed by atoms with Crippen LogP contribution in [0.4, 0.5) is 14.5 Å². The molecule has 0 saturated heterocycles. The summed E-state index contributed by atoms with van der Waals surface area (Å²) >= 11 is 0. The molecule has 0 heterocycles. The van der Waals surface area contributed by atoms with E-state index in [1.807, 2.05) is 0 Å². The molecule has 0 bridgehead atoms. The van der Waals surface area contributed by atoms with Crippen LogP contribution in [0.2, 0.25) is 0 Å². The van der Waals surface area contributed by atoms with Gasteiger partial charge >= 0.3 is 0 Å². The lowest BCUT2D eigenvalue weighted by Gasteiger charge is -2.09. The van der Waals surface area contributed by atoms with Crippen LogP contribution < -0.4 is 10.0 Å². The van der Waals surface area contributed by atoms with Crippen molar-refractivity contribution in [3.63, 3.8) is 0 Å². The number of amides is 1. The fourth-order valence-corrected chi connectivity index (χ4v) is 3.43. The number of hydrogen-bond acceptors (Lipinski definition) is 3. The van der Waals surface area contributed by atoms with Crippen LogP contribution in [-0.4, -0.2) is 20.4 Å². The molecule has 8 heteroatoms. The van der Waals surface area contributed by atoms with Gasteiger partial charge in [0.1, 0.15) is 11.6 Å². The molecule has 2 aromatic carbocycles. The van der Waals surface area contributed by atoms with Gasteiger partial charge in [-0.25, -0.2) is 21.9 Å². The van der Waals surface area contributed by atoms with Crippen LogP contribution >= 0.6 is 0 Å². The average Bonchev–Trinajstić information content (AvgIpc) is 3.34. The predicted octanol–water partition coefficient (Wildman–Crippen LogP) is 2.66. The molecule has 3 rings (SSSR count).